The van der Waals surface area contributed by atoms with Gasteiger partial charge in [-0.3, -0.25) is 15.0 Å². The molecule has 0 unspecified atom stereocenters. The van der Waals surface area contributed by atoms with E-state index in [0.717, 1.165) is 39.7 Å². The standard InChI is InChI=1S/C25H18N4/c1-26-18-7-2-6-17(14-18)25-23-12-4-10-21(28-23)15-19-8-3-9-20(27-19)16-22-11-5-13-24(25)29-22/h2-14,25H,15-16H2. The lowest BCUT2D eigenvalue weighted by Crippen LogP contribution is -2.11. The summed E-state index contributed by atoms with van der Waals surface area (Å²) >= 11 is 0. The van der Waals surface area contributed by atoms with Gasteiger partial charge in [-0.15, -0.1) is 0 Å². The van der Waals surface area contributed by atoms with Crippen molar-refractivity contribution in [3.63, 3.8) is 0 Å². The van der Waals surface area contributed by atoms with Crippen LogP contribution in [0.25, 0.3) is 4.85 Å². The molecule has 29 heavy (non-hydrogen) atoms. The summed E-state index contributed by atoms with van der Waals surface area (Å²) in [6, 6.07) is 26.2. The van der Waals surface area contributed by atoms with Crippen LogP contribution in [0.2, 0.25) is 0 Å². The first-order valence-electron chi connectivity index (χ1n) is 9.62. The largest absolute Gasteiger partial charge is 0.257 e. The van der Waals surface area contributed by atoms with Gasteiger partial charge in [0.25, 0.3) is 0 Å². The summed E-state index contributed by atoms with van der Waals surface area (Å²) in [6.45, 7) is 7.39. The molecule has 0 amide bonds. The number of benzene rings is 1. The van der Waals surface area contributed by atoms with Crippen molar-refractivity contribution in [3.8, 4) is 0 Å². The Labute approximate surface area is 169 Å². The van der Waals surface area contributed by atoms with Gasteiger partial charge < -0.3 is 0 Å². The van der Waals surface area contributed by atoms with Crippen molar-refractivity contribution in [1.29, 1.82) is 0 Å². The molecule has 4 nitrogen and oxygen atoms in total. The third kappa shape index (κ3) is 3.51. The number of rotatable bonds is 1. The van der Waals surface area contributed by atoms with E-state index in [1.54, 1.807) is 0 Å². The number of nitrogens with zero attached hydrogens (tertiary/aromatic N) is 4. The molecule has 3 aromatic heterocycles. The first kappa shape index (κ1) is 17.3. The molecule has 5 rings (SSSR count). The van der Waals surface area contributed by atoms with Gasteiger partial charge in [-0.1, -0.05) is 42.5 Å². The Morgan fingerprint density at radius 2 is 1.17 bits per heavy atom. The lowest BCUT2D eigenvalue weighted by Gasteiger charge is -2.19. The fourth-order valence-electron chi connectivity index (χ4n) is 3.88. The van der Waals surface area contributed by atoms with Gasteiger partial charge in [-0.2, -0.15) is 0 Å². The van der Waals surface area contributed by atoms with Crippen molar-refractivity contribution in [2.45, 2.75) is 18.8 Å². The van der Waals surface area contributed by atoms with E-state index >= 15 is 0 Å². The number of hydrogen-bond acceptors (Lipinski definition) is 3. The Bertz CT molecular complexity index is 1170. The topological polar surface area (TPSA) is 43.0 Å². The van der Waals surface area contributed by atoms with E-state index < -0.39 is 0 Å². The van der Waals surface area contributed by atoms with Gasteiger partial charge in [0.2, 0.25) is 0 Å². The molecule has 4 heteroatoms. The van der Waals surface area contributed by atoms with Crippen LogP contribution in [0.3, 0.4) is 0 Å². The summed E-state index contributed by atoms with van der Waals surface area (Å²) < 4.78 is 0. The molecule has 0 spiro atoms. The molecule has 0 saturated carbocycles. The molecular weight excluding hydrogens is 356 g/mol. The minimum Gasteiger partial charge on any atom is -0.257 e. The van der Waals surface area contributed by atoms with E-state index in [1.165, 1.54) is 0 Å². The monoisotopic (exact) mass is 374 g/mol. The maximum atomic E-state index is 7.39. The molecule has 0 fully saturated rings. The molecule has 1 aliphatic rings. The average molecular weight is 374 g/mol. The van der Waals surface area contributed by atoms with Gasteiger partial charge in [0.05, 0.1) is 23.9 Å². The normalized spacial score (nSPS) is 13.1. The lowest BCUT2D eigenvalue weighted by atomic mass is 9.90. The zero-order valence-electron chi connectivity index (χ0n) is 15.8. The van der Waals surface area contributed by atoms with E-state index in [9.17, 15) is 0 Å². The van der Waals surface area contributed by atoms with E-state index in [-0.39, 0.29) is 5.92 Å². The first-order chi connectivity index (χ1) is 14.3. The summed E-state index contributed by atoms with van der Waals surface area (Å²) in [5.41, 5.74) is 7.51. The van der Waals surface area contributed by atoms with Gasteiger partial charge in [0.15, 0.2) is 5.69 Å². The lowest BCUT2D eigenvalue weighted by molar-refractivity contribution is 0.829. The van der Waals surface area contributed by atoms with E-state index in [0.29, 0.717) is 18.5 Å². The predicted molar refractivity (Wildman–Crippen MR) is 112 cm³/mol. The smallest absolute Gasteiger partial charge is 0.187 e. The molecule has 0 radical (unpaired) electrons. The third-order valence-electron chi connectivity index (χ3n) is 5.17. The summed E-state index contributed by atoms with van der Waals surface area (Å²) in [4.78, 5) is 18.3. The van der Waals surface area contributed by atoms with Crippen LogP contribution in [0.5, 0.6) is 0 Å². The van der Waals surface area contributed by atoms with Crippen molar-refractivity contribution in [1.82, 2.24) is 15.0 Å². The highest BCUT2D eigenvalue weighted by molar-refractivity contribution is 5.50. The van der Waals surface area contributed by atoms with Gasteiger partial charge in [-0.05, 0) is 42.0 Å². The van der Waals surface area contributed by atoms with Crippen molar-refractivity contribution in [2.24, 2.45) is 0 Å². The maximum absolute atomic E-state index is 7.39. The van der Waals surface area contributed by atoms with Gasteiger partial charge in [-0.25, -0.2) is 4.85 Å². The second-order valence-electron chi connectivity index (χ2n) is 7.22. The third-order valence-corrected chi connectivity index (χ3v) is 5.17. The first-order valence-corrected chi connectivity index (χ1v) is 9.62. The van der Waals surface area contributed by atoms with Crippen LogP contribution in [0.4, 0.5) is 5.69 Å². The Balaban J connectivity index is 1.74. The van der Waals surface area contributed by atoms with Crippen molar-refractivity contribution >= 4 is 5.69 Å². The number of pyridine rings is 3. The quantitative estimate of drug-likeness (QED) is 0.384. The SMILES string of the molecule is [C-]#[N+]c1cccc(C2c3cccc(n3)Cc3cccc(n3)Cc3cccc2n3)c1. The van der Waals surface area contributed by atoms with Gasteiger partial charge >= 0.3 is 0 Å². The van der Waals surface area contributed by atoms with Gasteiger partial charge in [0, 0.05) is 35.6 Å². The van der Waals surface area contributed by atoms with Gasteiger partial charge in [0.1, 0.15) is 0 Å². The van der Waals surface area contributed by atoms with Crippen LogP contribution >= 0.6 is 0 Å². The Morgan fingerprint density at radius 3 is 1.76 bits per heavy atom. The fraction of sp³-hybridized carbons (Fsp3) is 0.120. The Hall–Kier alpha value is -3.84. The van der Waals surface area contributed by atoms with Crippen LogP contribution in [0.1, 0.15) is 45.6 Å². The predicted octanol–water partition coefficient (Wildman–Crippen LogP) is 5.10. The average Bonchev–Trinajstić information content (AvgIpc) is 2.74. The van der Waals surface area contributed by atoms with Crippen LogP contribution in [0.15, 0.2) is 78.9 Å². The molecule has 6 bridgehead atoms. The molecule has 0 atom stereocenters. The maximum Gasteiger partial charge on any atom is 0.187 e. The second kappa shape index (κ2) is 7.29. The Kier molecular flexibility index (Phi) is 4.34. The minimum atomic E-state index is -0.123. The van der Waals surface area contributed by atoms with E-state index in [1.807, 2.05) is 66.7 Å². The van der Waals surface area contributed by atoms with Crippen LogP contribution in [-0.4, -0.2) is 15.0 Å². The van der Waals surface area contributed by atoms with Crippen LogP contribution in [0, 0.1) is 6.57 Å². The highest BCUT2D eigenvalue weighted by atomic mass is 14.8. The summed E-state index contributed by atoms with van der Waals surface area (Å²) in [6.07, 6.45) is 1.38. The van der Waals surface area contributed by atoms with Crippen molar-refractivity contribution in [2.75, 3.05) is 0 Å². The summed E-state index contributed by atoms with van der Waals surface area (Å²) in [5, 5.41) is 0. The zero-order valence-corrected chi connectivity index (χ0v) is 15.8. The van der Waals surface area contributed by atoms with Crippen LogP contribution < -0.4 is 0 Å². The fourth-order valence-corrected chi connectivity index (χ4v) is 3.88. The molecular formula is C25H18N4. The zero-order chi connectivity index (χ0) is 19.6. The highest BCUT2D eigenvalue weighted by Gasteiger charge is 2.21. The number of aromatic nitrogens is 3. The molecule has 0 aliphatic carbocycles. The summed E-state index contributed by atoms with van der Waals surface area (Å²) in [7, 11) is 0. The van der Waals surface area contributed by atoms with Crippen molar-refractivity contribution < 1.29 is 0 Å². The minimum absolute atomic E-state index is 0.123. The van der Waals surface area contributed by atoms with E-state index in [4.69, 9.17) is 21.5 Å². The molecule has 4 aromatic rings. The molecule has 0 N–H and O–H groups in total. The second-order valence-corrected chi connectivity index (χ2v) is 7.22. The molecule has 138 valence electrons. The molecule has 0 saturated heterocycles. The van der Waals surface area contributed by atoms with E-state index in [2.05, 4.69) is 17.0 Å². The number of fused-ring (bicyclic) bond motifs is 6. The van der Waals surface area contributed by atoms with Crippen molar-refractivity contribution in [3.05, 3.63) is 130 Å². The molecule has 1 aromatic carbocycles. The number of hydrogen-bond donors (Lipinski definition) is 0. The molecule has 1 aliphatic heterocycles. The molecule has 4 heterocycles. The summed E-state index contributed by atoms with van der Waals surface area (Å²) in [5.74, 6) is -0.123. The Morgan fingerprint density at radius 1 is 0.655 bits per heavy atom. The van der Waals surface area contributed by atoms with Crippen LogP contribution in [-0.2, 0) is 12.8 Å². The highest BCUT2D eigenvalue weighted by Crippen LogP contribution is 2.32.